The number of nitrogens with one attached hydrogen (secondary N) is 2. The molecule has 0 atom stereocenters. The highest BCUT2D eigenvalue weighted by atomic mass is 16.3. The Balaban J connectivity index is 1.75. The van der Waals surface area contributed by atoms with Crippen molar-refractivity contribution in [3.8, 4) is 17.0 Å². The molecule has 0 spiro atoms. The lowest BCUT2D eigenvalue weighted by molar-refractivity contribution is 0.102. The Morgan fingerprint density at radius 2 is 1.95 bits per heavy atom. The van der Waals surface area contributed by atoms with E-state index in [2.05, 4.69) is 20.5 Å². The first-order chi connectivity index (χ1) is 10.2. The molecule has 2 heterocycles. The Labute approximate surface area is 120 Å². The molecule has 104 valence electrons. The SMILES string of the molecule is O=C(Nc1ccc(-c2ccn[nH]2)cc1)c1cncc(O)c1. The van der Waals surface area contributed by atoms with Crippen LogP contribution in [0.15, 0.2) is 55.0 Å². The maximum atomic E-state index is 12.0. The lowest BCUT2D eigenvalue weighted by Gasteiger charge is -2.06. The third kappa shape index (κ3) is 2.89. The van der Waals surface area contributed by atoms with Crippen LogP contribution in [0.2, 0.25) is 0 Å². The molecule has 0 saturated carbocycles. The van der Waals surface area contributed by atoms with Crippen molar-refractivity contribution in [1.29, 1.82) is 0 Å². The molecule has 0 fully saturated rings. The number of nitrogens with zero attached hydrogens (tertiary/aromatic N) is 2. The van der Waals surface area contributed by atoms with E-state index < -0.39 is 0 Å². The fourth-order valence-electron chi connectivity index (χ4n) is 1.91. The summed E-state index contributed by atoms with van der Waals surface area (Å²) in [6, 6.07) is 10.6. The number of aromatic amines is 1. The van der Waals surface area contributed by atoms with Gasteiger partial charge in [-0.15, -0.1) is 0 Å². The lowest BCUT2D eigenvalue weighted by Crippen LogP contribution is -2.11. The van der Waals surface area contributed by atoms with Crippen molar-refractivity contribution in [2.24, 2.45) is 0 Å². The van der Waals surface area contributed by atoms with Crippen molar-refractivity contribution in [3.05, 3.63) is 60.6 Å². The van der Waals surface area contributed by atoms with Gasteiger partial charge in [0.25, 0.3) is 5.91 Å². The molecule has 0 saturated heterocycles. The van der Waals surface area contributed by atoms with Crippen LogP contribution in [-0.2, 0) is 0 Å². The second-order valence-corrected chi connectivity index (χ2v) is 4.43. The van der Waals surface area contributed by atoms with E-state index >= 15 is 0 Å². The number of anilines is 1. The number of amides is 1. The maximum Gasteiger partial charge on any atom is 0.257 e. The summed E-state index contributed by atoms with van der Waals surface area (Å²) in [6.07, 6.45) is 4.35. The molecule has 3 N–H and O–H groups in total. The molecular weight excluding hydrogens is 268 g/mol. The molecule has 0 aliphatic rings. The molecule has 1 aromatic carbocycles. The van der Waals surface area contributed by atoms with Gasteiger partial charge in [0.1, 0.15) is 5.75 Å². The van der Waals surface area contributed by atoms with Crippen molar-refractivity contribution in [2.75, 3.05) is 5.32 Å². The van der Waals surface area contributed by atoms with Crippen molar-refractivity contribution in [2.45, 2.75) is 0 Å². The number of carbonyl (C=O) groups is 1. The number of carbonyl (C=O) groups excluding carboxylic acids is 1. The van der Waals surface area contributed by atoms with E-state index in [1.54, 1.807) is 18.3 Å². The Bertz CT molecular complexity index is 752. The van der Waals surface area contributed by atoms with E-state index in [-0.39, 0.29) is 11.7 Å². The van der Waals surface area contributed by atoms with Gasteiger partial charge in [-0.05, 0) is 29.8 Å². The summed E-state index contributed by atoms with van der Waals surface area (Å²) in [6.45, 7) is 0. The van der Waals surface area contributed by atoms with Crippen LogP contribution in [-0.4, -0.2) is 26.2 Å². The average Bonchev–Trinajstić information content (AvgIpc) is 3.02. The smallest absolute Gasteiger partial charge is 0.257 e. The van der Waals surface area contributed by atoms with Gasteiger partial charge in [0.2, 0.25) is 0 Å². The largest absolute Gasteiger partial charge is 0.506 e. The number of pyridine rings is 1. The molecule has 0 unspecified atom stereocenters. The van der Waals surface area contributed by atoms with Crippen molar-refractivity contribution in [3.63, 3.8) is 0 Å². The van der Waals surface area contributed by atoms with Crippen LogP contribution in [0.4, 0.5) is 5.69 Å². The molecular formula is C15H12N4O2. The van der Waals surface area contributed by atoms with Crippen LogP contribution in [0.5, 0.6) is 5.75 Å². The first-order valence-electron chi connectivity index (χ1n) is 6.27. The van der Waals surface area contributed by atoms with Crippen molar-refractivity contribution in [1.82, 2.24) is 15.2 Å². The summed E-state index contributed by atoms with van der Waals surface area (Å²) in [5, 5.41) is 18.8. The summed E-state index contributed by atoms with van der Waals surface area (Å²) in [7, 11) is 0. The van der Waals surface area contributed by atoms with Crippen LogP contribution < -0.4 is 5.32 Å². The van der Waals surface area contributed by atoms with E-state index in [9.17, 15) is 9.90 Å². The highest BCUT2D eigenvalue weighted by molar-refractivity contribution is 6.04. The van der Waals surface area contributed by atoms with Gasteiger partial charge < -0.3 is 10.4 Å². The standard InChI is InChI=1S/C15H12N4O2/c20-13-7-11(8-16-9-13)15(21)18-12-3-1-10(2-4-12)14-5-6-17-19-14/h1-9,20H,(H,17,19)(H,18,21). The quantitative estimate of drug-likeness (QED) is 0.687. The summed E-state index contributed by atoms with van der Waals surface area (Å²) >= 11 is 0. The number of aromatic nitrogens is 3. The van der Waals surface area contributed by atoms with Gasteiger partial charge in [-0.1, -0.05) is 12.1 Å². The molecule has 0 aliphatic heterocycles. The summed E-state index contributed by atoms with van der Waals surface area (Å²) < 4.78 is 0. The zero-order valence-electron chi connectivity index (χ0n) is 10.9. The van der Waals surface area contributed by atoms with E-state index in [0.29, 0.717) is 11.3 Å². The predicted molar refractivity (Wildman–Crippen MR) is 77.9 cm³/mol. The fraction of sp³-hybridized carbons (Fsp3) is 0. The highest BCUT2D eigenvalue weighted by Crippen LogP contribution is 2.19. The highest BCUT2D eigenvalue weighted by Gasteiger charge is 2.07. The Hall–Kier alpha value is -3.15. The molecule has 6 nitrogen and oxygen atoms in total. The molecule has 2 aromatic heterocycles. The van der Waals surface area contributed by atoms with Crippen LogP contribution >= 0.6 is 0 Å². The van der Waals surface area contributed by atoms with E-state index in [4.69, 9.17) is 0 Å². The molecule has 21 heavy (non-hydrogen) atoms. The Morgan fingerprint density at radius 3 is 2.62 bits per heavy atom. The Morgan fingerprint density at radius 1 is 1.14 bits per heavy atom. The summed E-state index contributed by atoms with van der Waals surface area (Å²) in [5.41, 5.74) is 2.84. The van der Waals surface area contributed by atoms with Gasteiger partial charge in [0.05, 0.1) is 17.5 Å². The molecule has 6 heteroatoms. The van der Waals surface area contributed by atoms with Crippen LogP contribution in [0.3, 0.4) is 0 Å². The molecule has 0 radical (unpaired) electrons. The third-order valence-electron chi connectivity index (χ3n) is 2.94. The minimum Gasteiger partial charge on any atom is -0.506 e. The topological polar surface area (TPSA) is 90.9 Å². The minimum atomic E-state index is -0.326. The third-order valence-corrected chi connectivity index (χ3v) is 2.94. The minimum absolute atomic E-state index is 0.0442. The van der Waals surface area contributed by atoms with Crippen LogP contribution in [0.25, 0.3) is 11.3 Å². The van der Waals surface area contributed by atoms with E-state index in [0.717, 1.165) is 11.3 Å². The zero-order chi connectivity index (χ0) is 14.7. The normalized spacial score (nSPS) is 10.3. The lowest BCUT2D eigenvalue weighted by atomic mass is 10.1. The molecule has 1 amide bonds. The second-order valence-electron chi connectivity index (χ2n) is 4.43. The maximum absolute atomic E-state index is 12.0. The van der Waals surface area contributed by atoms with Gasteiger partial charge in [0.15, 0.2) is 0 Å². The van der Waals surface area contributed by atoms with E-state index in [1.165, 1.54) is 18.5 Å². The number of hydrogen-bond acceptors (Lipinski definition) is 4. The monoisotopic (exact) mass is 280 g/mol. The number of H-pyrrole nitrogens is 1. The summed E-state index contributed by atoms with van der Waals surface area (Å²) in [4.78, 5) is 15.8. The number of aromatic hydroxyl groups is 1. The predicted octanol–water partition coefficient (Wildman–Crippen LogP) is 2.43. The second kappa shape index (κ2) is 5.46. The number of benzene rings is 1. The number of hydrogen-bond donors (Lipinski definition) is 3. The molecule has 3 aromatic rings. The number of rotatable bonds is 3. The summed E-state index contributed by atoms with van der Waals surface area (Å²) in [5.74, 6) is -0.370. The molecule has 0 bridgehead atoms. The van der Waals surface area contributed by atoms with Gasteiger partial charge >= 0.3 is 0 Å². The van der Waals surface area contributed by atoms with Gasteiger partial charge in [-0.25, -0.2) is 0 Å². The zero-order valence-corrected chi connectivity index (χ0v) is 10.9. The van der Waals surface area contributed by atoms with Crippen LogP contribution in [0, 0.1) is 0 Å². The van der Waals surface area contributed by atoms with E-state index in [1.807, 2.05) is 18.2 Å². The van der Waals surface area contributed by atoms with Gasteiger partial charge in [-0.3, -0.25) is 14.9 Å². The van der Waals surface area contributed by atoms with Crippen molar-refractivity contribution >= 4 is 11.6 Å². The molecule has 0 aliphatic carbocycles. The first kappa shape index (κ1) is 12.9. The van der Waals surface area contributed by atoms with Crippen LogP contribution in [0.1, 0.15) is 10.4 Å². The first-order valence-corrected chi connectivity index (χ1v) is 6.27. The fourth-order valence-corrected chi connectivity index (χ4v) is 1.91. The average molecular weight is 280 g/mol. The van der Waals surface area contributed by atoms with Crippen molar-refractivity contribution < 1.29 is 9.90 Å². The molecule has 3 rings (SSSR count). The van der Waals surface area contributed by atoms with Gasteiger partial charge in [-0.2, -0.15) is 5.10 Å². The Kier molecular flexibility index (Phi) is 3.34. The van der Waals surface area contributed by atoms with Gasteiger partial charge in [0, 0.05) is 18.1 Å².